The lowest BCUT2D eigenvalue weighted by Crippen LogP contribution is -2.10. The molecule has 0 unspecified atom stereocenters. The number of hydrogen-bond acceptors (Lipinski definition) is 1. The Balaban J connectivity index is 0.000000249. The molecule has 0 atom stereocenters. The fourth-order valence-electron chi connectivity index (χ4n) is 0.740. The van der Waals surface area contributed by atoms with Crippen molar-refractivity contribution in [3.63, 3.8) is 0 Å². The van der Waals surface area contributed by atoms with E-state index in [9.17, 15) is 0 Å². The summed E-state index contributed by atoms with van der Waals surface area (Å²) in [6, 6.07) is 12.0. The highest BCUT2D eigenvalue weighted by molar-refractivity contribution is 6.13. The van der Waals surface area contributed by atoms with Gasteiger partial charge in [-0.3, -0.25) is 0 Å². The van der Waals surface area contributed by atoms with Gasteiger partial charge in [0.15, 0.2) is 0 Å². The molecule has 0 aliphatic heterocycles. The number of hydrogen-bond donors (Lipinski definition) is 0. The highest BCUT2D eigenvalue weighted by atomic mass is 35.5. The van der Waals surface area contributed by atoms with Gasteiger partial charge in [0.1, 0.15) is 0 Å². The van der Waals surface area contributed by atoms with E-state index >= 15 is 0 Å². The minimum absolute atomic E-state index is 0.702. The topological polar surface area (TPSA) is 3.24 Å². The van der Waals surface area contributed by atoms with E-state index in [4.69, 9.17) is 11.8 Å². The van der Waals surface area contributed by atoms with Gasteiger partial charge < -0.3 is 0 Å². The van der Waals surface area contributed by atoms with Gasteiger partial charge in [0.25, 0.3) is 0 Å². The van der Waals surface area contributed by atoms with Crippen molar-refractivity contribution in [2.75, 3.05) is 13.1 Å². The third-order valence-corrected chi connectivity index (χ3v) is 1.60. The van der Waals surface area contributed by atoms with Crippen molar-refractivity contribution in [3.05, 3.63) is 61.7 Å². The van der Waals surface area contributed by atoms with E-state index in [2.05, 4.69) is 13.2 Å². The van der Waals surface area contributed by atoms with Gasteiger partial charge in [-0.2, -0.15) is 0 Å². The predicted molar refractivity (Wildman–Crippen MR) is 64.3 cm³/mol. The van der Waals surface area contributed by atoms with Gasteiger partial charge in [0.05, 0.1) is 0 Å². The summed E-state index contributed by atoms with van der Waals surface area (Å²) in [5.41, 5.74) is 0. The fraction of sp³-hybridized carbons (Fsp3) is 0.167. The quantitative estimate of drug-likeness (QED) is 0.542. The van der Waals surface area contributed by atoms with Gasteiger partial charge in [-0.25, -0.2) is 4.42 Å². The first-order valence-electron chi connectivity index (χ1n) is 4.43. The van der Waals surface area contributed by atoms with Crippen LogP contribution in [-0.4, -0.2) is 17.5 Å². The summed E-state index contributed by atoms with van der Waals surface area (Å²) < 4.78 is 1.60. The van der Waals surface area contributed by atoms with Gasteiger partial charge >= 0.3 is 0 Å². The van der Waals surface area contributed by atoms with Crippen LogP contribution < -0.4 is 0 Å². The van der Waals surface area contributed by atoms with Crippen molar-refractivity contribution >= 4 is 11.8 Å². The largest absolute Gasteiger partial charge is 0.213 e. The van der Waals surface area contributed by atoms with E-state index in [1.165, 1.54) is 0 Å². The first kappa shape index (κ1) is 12.9. The van der Waals surface area contributed by atoms with Crippen LogP contribution in [-0.2, 0) is 0 Å². The van der Waals surface area contributed by atoms with Crippen LogP contribution in [0.3, 0.4) is 0 Å². The number of halogens is 1. The number of nitrogens with zero attached hydrogens (tertiary/aromatic N) is 1. The third kappa shape index (κ3) is 9.04. The molecule has 2 heteroatoms. The number of benzene rings is 1. The van der Waals surface area contributed by atoms with E-state index in [0.29, 0.717) is 13.1 Å². The SMILES string of the molecule is C=CCN(Cl)CC=C.c1ccccc1. The van der Waals surface area contributed by atoms with E-state index in [-0.39, 0.29) is 0 Å². The fourth-order valence-corrected chi connectivity index (χ4v) is 0.935. The highest BCUT2D eigenvalue weighted by Crippen LogP contribution is 1.91. The second-order valence-electron chi connectivity index (χ2n) is 2.56. The summed E-state index contributed by atoms with van der Waals surface area (Å²) in [5, 5.41) is 0. The van der Waals surface area contributed by atoms with E-state index < -0.39 is 0 Å². The molecular formula is C12H16ClN. The Morgan fingerprint density at radius 3 is 1.36 bits per heavy atom. The molecule has 0 heterocycles. The van der Waals surface area contributed by atoms with Crippen LogP contribution in [0.5, 0.6) is 0 Å². The second kappa shape index (κ2) is 10.0. The molecule has 0 spiro atoms. The zero-order valence-corrected chi connectivity index (χ0v) is 9.03. The maximum Gasteiger partial charge on any atom is 0.0320 e. The molecule has 0 aliphatic rings. The molecule has 0 radical (unpaired) electrons. The smallest absolute Gasteiger partial charge is 0.0320 e. The van der Waals surface area contributed by atoms with E-state index in [0.717, 1.165) is 0 Å². The lowest BCUT2D eigenvalue weighted by Gasteiger charge is -2.04. The molecule has 0 N–H and O–H groups in total. The summed E-state index contributed by atoms with van der Waals surface area (Å²) >= 11 is 5.57. The van der Waals surface area contributed by atoms with Gasteiger partial charge in [-0.1, -0.05) is 48.6 Å². The molecule has 0 saturated carbocycles. The van der Waals surface area contributed by atoms with Gasteiger partial charge in [0, 0.05) is 13.1 Å². The average molecular weight is 210 g/mol. The monoisotopic (exact) mass is 209 g/mol. The Kier molecular flexibility index (Phi) is 9.28. The lowest BCUT2D eigenvalue weighted by atomic mass is 10.4. The van der Waals surface area contributed by atoms with E-state index in [1.807, 2.05) is 36.4 Å². The first-order chi connectivity index (χ1) is 6.81. The molecular weight excluding hydrogens is 194 g/mol. The van der Waals surface area contributed by atoms with Crippen LogP contribution >= 0.6 is 11.8 Å². The maximum atomic E-state index is 5.57. The summed E-state index contributed by atoms with van der Waals surface area (Å²) in [7, 11) is 0. The molecule has 0 fully saturated rings. The predicted octanol–water partition coefficient (Wildman–Crippen LogP) is 3.50. The molecule has 0 aromatic heterocycles. The molecule has 0 saturated heterocycles. The van der Waals surface area contributed by atoms with Crippen molar-refractivity contribution in [2.45, 2.75) is 0 Å². The standard InChI is InChI=1S/C6H10ClN.C6H6/c1-3-5-8(7)6-4-2;1-2-4-6-5-3-1/h3-4H,1-2,5-6H2;1-6H. The molecule has 1 aromatic carbocycles. The average Bonchev–Trinajstić information content (AvgIpc) is 2.22. The first-order valence-corrected chi connectivity index (χ1v) is 4.77. The van der Waals surface area contributed by atoms with Crippen LogP contribution in [0.25, 0.3) is 0 Å². The van der Waals surface area contributed by atoms with Gasteiger partial charge in [-0.05, 0) is 11.8 Å². The van der Waals surface area contributed by atoms with Crippen LogP contribution in [0.4, 0.5) is 0 Å². The zero-order valence-electron chi connectivity index (χ0n) is 8.27. The van der Waals surface area contributed by atoms with Crippen molar-refractivity contribution in [3.8, 4) is 0 Å². The Morgan fingerprint density at radius 1 is 0.857 bits per heavy atom. The summed E-state index contributed by atoms with van der Waals surface area (Å²) in [5.74, 6) is 0. The van der Waals surface area contributed by atoms with E-state index in [1.54, 1.807) is 16.6 Å². The lowest BCUT2D eigenvalue weighted by molar-refractivity contribution is 0.560. The summed E-state index contributed by atoms with van der Waals surface area (Å²) in [6.45, 7) is 8.45. The highest BCUT2D eigenvalue weighted by Gasteiger charge is 1.89. The van der Waals surface area contributed by atoms with Crippen molar-refractivity contribution < 1.29 is 0 Å². The van der Waals surface area contributed by atoms with Gasteiger partial charge in [-0.15, -0.1) is 13.2 Å². The molecule has 0 aliphatic carbocycles. The molecule has 1 aromatic rings. The molecule has 1 nitrogen and oxygen atoms in total. The summed E-state index contributed by atoms with van der Waals surface area (Å²) in [4.78, 5) is 0. The molecule has 0 amide bonds. The second-order valence-corrected chi connectivity index (χ2v) is 3.04. The Labute approximate surface area is 91.4 Å². The minimum atomic E-state index is 0.702. The molecule has 14 heavy (non-hydrogen) atoms. The van der Waals surface area contributed by atoms with Crippen LogP contribution in [0.15, 0.2) is 61.7 Å². The van der Waals surface area contributed by atoms with Crippen LogP contribution in [0.1, 0.15) is 0 Å². The number of rotatable bonds is 4. The van der Waals surface area contributed by atoms with Crippen LogP contribution in [0.2, 0.25) is 0 Å². The maximum absolute atomic E-state index is 5.57. The Hall–Kier alpha value is -1.05. The Bertz CT molecular complexity index is 197. The minimum Gasteiger partial charge on any atom is -0.213 e. The van der Waals surface area contributed by atoms with Gasteiger partial charge in [0.2, 0.25) is 0 Å². The summed E-state index contributed by atoms with van der Waals surface area (Å²) in [6.07, 6.45) is 3.49. The Morgan fingerprint density at radius 2 is 1.14 bits per heavy atom. The van der Waals surface area contributed by atoms with Crippen LogP contribution in [0, 0.1) is 0 Å². The van der Waals surface area contributed by atoms with Crippen molar-refractivity contribution in [1.82, 2.24) is 4.42 Å². The molecule has 1 rings (SSSR count). The zero-order chi connectivity index (χ0) is 10.6. The normalized spacial score (nSPS) is 8.71. The van der Waals surface area contributed by atoms with Crippen molar-refractivity contribution in [2.24, 2.45) is 0 Å². The molecule has 0 bridgehead atoms. The molecule has 76 valence electrons. The third-order valence-electron chi connectivity index (χ3n) is 1.32. The van der Waals surface area contributed by atoms with Crippen molar-refractivity contribution in [1.29, 1.82) is 0 Å².